The van der Waals surface area contributed by atoms with Gasteiger partial charge in [0.05, 0.1) is 11.9 Å². The molecule has 1 rings (SSSR count). The largest absolute Gasteiger partial charge is 0.308 e. The molecule has 0 amide bonds. The molecule has 0 aromatic heterocycles. The van der Waals surface area contributed by atoms with Gasteiger partial charge in [0.25, 0.3) is 0 Å². The van der Waals surface area contributed by atoms with Gasteiger partial charge in [-0.05, 0) is 0 Å². The Morgan fingerprint density at radius 1 is 2.00 bits per heavy atom. The second-order valence-corrected chi connectivity index (χ2v) is 1.60. The van der Waals surface area contributed by atoms with Crippen molar-refractivity contribution < 1.29 is 0 Å². The van der Waals surface area contributed by atoms with Gasteiger partial charge in [-0.25, -0.2) is 0 Å². The first kappa shape index (κ1) is 3.93. The standard InChI is InChI=1S/C3H4ClN2/c4-3-1-5-6-2-3/h3,5H,1H2. The van der Waals surface area contributed by atoms with E-state index in [-0.39, 0.29) is 5.38 Å². The molecule has 1 N–H and O–H groups in total. The zero-order valence-corrected chi connectivity index (χ0v) is 3.87. The second-order valence-electron chi connectivity index (χ2n) is 1.07. The summed E-state index contributed by atoms with van der Waals surface area (Å²) in [6, 6.07) is 0. The van der Waals surface area contributed by atoms with E-state index in [1.165, 1.54) is 0 Å². The Balaban J connectivity index is 2.38. The highest BCUT2D eigenvalue weighted by molar-refractivity contribution is 6.28. The van der Waals surface area contributed by atoms with Gasteiger partial charge in [0, 0.05) is 0 Å². The summed E-state index contributed by atoms with van der Waals surface area (Å²) in [6.45, 7) is 0.724. The van der Waals surface area contributed by atoms with Crippen LogP contribution in [0.3, 0.4) is 0 Å². The molecule has 0 fully saturated rings. The van der Waals surface area contributed by atoms with Crippen LogP contribution in [0.1, 0.15) is 0 Å². The predicted octanol–water partition coefficient (Wildman–Crippen LogP) is 0.0598. The number of nitrogens with zero attached hydrogens (tertiary/aromatic N) is 1. The molecule has 2 nitrogen and oxygen atoms in total. The third-order valence-corrected chi connectivity index (χ3v) is 0.806. The lowest BCUT2D eigenvalue weighted by atomic mass is 10.5. The van der Waals surface area contributed by atoms with Crippen LogP contribution in [0.2, 0.25) is 0 Å². The Labute approximate surface area is 41.2 Å². The minimum atomic E-state index is -0.00926. The van der Waals surface area contributed by atoms with E-state index in [2.05, 4.69) is 16.7 Å². The molecule has 0 saturated carbocycles. The van der Waals surface area contributed by atoms with Crippen molar-refractivity contribution in [1.29, 1.82) is 0 Å². The first-order valence-corrected chi connectivity index (χ1v) is 2.15. The van der Waals surface area contributed by atoms with Gasteiger partial charge in [-0.2, -0.15) is 5.10 Å². The van der Waals surface area contributed by atoms with E-state index < -0.39 is 0 Å². The molecule has 0 aliphatic carbocycles. The lowest BCUT2D eigenvalue weighted by Gasteiger charge is -1.85. The van der Waals surface area contributed by atoms with E-state index >= 15 is 0 Å². The second kappa shape index (κ2) is 1.47. The number of rotatable bonds is 0. The molecule has 1 atom stereocenters. The summed E-state index contributed by atoms with van der Waals surface area (Å²) in [5, 5.41) is 3.52. The molecular formula is C3H4ClN2. The number of halogens is 1. The van der Waals surface area contributed by atoms with Gasteiger partial charge < -0.3 is 5.43 Å². The van der Waals surface area contributed by atoms with Crippen LogP contribution in [0, 0.1) is 0 Å². The van der Waals surface area contributed by atoms with Crippen molar-refractivity contribution in [3.8, 4) is 0 Å². The van der Waals surface area contributed by atoms with Gasteiger partial charge in [-0.1, -0.05) is 0 Å². The summed E-state index contributed by atoms with van der Waals surface area (Å²) in [7, 11) is 0. The molecule has 0 spiro atoms. The van der Waals surface area contributed by atoms with Crippen LogP contribution in [-0.2, 0) is 0 Å². The lowest BCUT2D eigenvalue weighted by Crippen LogP contribution is -2.08. The molecule has 33 valence electrons. The van der Waals surface area contributed by atoms with Gasteiger partial charge in [0.1, 0.15) is 6.21 Å². The quantitative estimate of drug-likeness (QED) is 0.431. The van der Waals surface area contributed by atoms with Gasteiger partial charge in [0.15, 0.2) is 0 Å². The molecule has 1 aliphatic heterocycles. The zero-order valence-electron chi connectivity index (χ0n) is 3.11. The van der Waals surface area contributed by atoms with Gasteiger partial charge in [-0.3, -0.25) is 0 Å². The first-order chi connectivity index (χ1) is 2.89. The van der Waals surface area contributed by atoms with E-state index in [0.717, 1.165) is 6.54 Å². The van der Waals surface area contributed by atoms with Crippen LogP contribution in [0.4, 0.5) is 0 Å². The summed E-state index contributed by atoms with van der Waals surface area (Å²) in [6.07, 6.45) is 2.60. The molecule has 3 heteroatoms. The van der Waals surface area contributed by atoms with Crippen molar-refractivity contribution in [1.82, 2.24) is 5.43 Å². The van der Waals surface area contributed by atoms with Crippen molar-refractivity contribution in [3.63, 3.8) is 0 Å². The minimum absolute atomic E-state index is 0.00926. The van der Waals surface area contributed by atoms with Crippen LogP contribution >= 0.6 is 11.6 Å². The Hall–Kier alpha value is -0.240. The maximum Gasteiger partial charge on any atom is 0.105 e. The van der Waals surface area contributed by atoms with Gasteiger partial charge in [-0.15, -0.1) is 11.6 Å². The molecule has 1 unspecified atom stereocenters. The SMILES string of the molecule is ClC1[C]=NNC1. The summed E-state index contributed by atoms with van der Waals surface area (Å²) >= 11 is 5.44. The highest BCUT2D eigenvalue weighted by Gasteiger charge is 2.03. The maximum atomic E-state index is 5.44. The first-order valence-electron chi connectivity index (χ1n) is 1.72. The highest BCUT2D eigenvalue weighted by Crippen LogP contribution is 1.92. The molecule has 0 aromatic rings. The molecule has 0 aromatic carbocycles. The molecule has 0 saturated heterocycles. The van der Waals surface area contributed by atoms with Crippen molar-refractivity contribution in [2.24, 2.45) is 5.10 Å². The molecular weight excluding hydrogens is 99.5 g/mol. The molecule has 1 radical (unpaired) electrons. The van der Waals surface area contributed by atoms with E-state index in [1.54, 1.807) is 0 Å². The smallest absolute Gasteiger partial charge is 0.105 e. The van der Waals surface area contributed by atoms with Crippen LogP contribution in [-0.4, -0.2) is 18.1 Å². The maximum absolute atomic E-state index is 5.44. The third kappa shape index (κ3) is 0.627. The normalized spacial score (nSPS) is 30.5. The van der Waals surface area contributed by atoms with Crippen molar-refractivity contribution in [2.75, 3.05) is 6.54 Å². The van der Waals surface area contributed by atoms with Crippen molar-refractivity contribution in [2.45, 2.75) is 5.38 Å². The van der Waals surface area contributed by atoms with Crippen molar-refractivity contribution >= 4 is 17.8 Å². The number of hydrazone groups is 1. The van der Waals surface area contributed by atoms with Crippen LogP contribution < -0.4 is 5.43 Å². The van der Waals surface area contributed by atoms with E-state index in [4.69, 9.17) is 11.6 Å². The van der Waals surface area contributed by atoms with Crippen LogP contribution in [0.5, 0.6) is 0 Å². The van der Waals surface area contributed by atoms with Crippen molar-refractivity contribution in [3.05, 3.63) is 0 Å². The van der Waals surface area contributed by atoms with E-state index in [9.17, 15) is 0 Å². The summed E-state index contributed by atoms with van der Waals surface area (Å²) < 4.78 is 0. The molecule has 1 heterocycles. The number of alkyl halides is 1. The van der Waals surface area contributed by atoms with Gasteiger partial charge in [0.2, 0.25) is 0 Å². The lowest BCUT2D eigenvalue weighted by molar-refractivity contribution is 0.816. The average molecular weight is 104 g/mol. The third-order valence-electron chi connectivity index (χ3n) is 0.554. The van der Waals surface area contributed by atoms with Crippen LogP contribution in [0.15, 0.2) is 5.10 Å². The van der Waals surface area contributed by atoms with Crippen LogP contribution in [0.25, 0.3) is 0 Å². The fourth-order valence-corrected chi connectivity index (χ4v) is 0.405. The Kier molecular flexibility index (Phi) is 0.965. The summed E-state index contributed by atoms with van der Waals surface area (Å²) in [4.78, 5) is 0. The molecule has 1 aliphatic rings. The topological polar surface area (TPSA) is 24.4 Å². The monoisotopic (exact) mass is 103 g/mol. The number of hydrogen-bond donors (Lipinski definition) is 1. The average Bonchev–Trinajstić information content (AvgIpc) is 1.86. The van der Waals surface area contributed by atoms with E-state index in [1.807, 2.05) is 0 Å². The number of hydrogen-bond acceptors (Lipinski definition) is 2. The fraction of sp³-hybridized carbons (Fsp3) is 0.667. The Bertz CT molecular complexity index is 71.2. The Morgan fingerprint density at radius 2 is 2.83 bits per heavy atom. The molecule has 0 bridgehead atoms. The predicted molar refractivity (Wildman–Crippen MR) is 25.1 cm³/mol. The zero-order chi connectivity index (χ0) is 4.41. The molecule has 6 heavy (non-hydrogen) atoms. The summed E-state index contributed by atoms with van der Waals surface area (Å²) in [5.74, 6) is 0. The fourth-order valence-electron chi connectivity index (χ4n) is 0.287. The minimum Gasteiger partial charge on any atom is -0.308 e. The Morgan fingerprint density at radius 3 is 3.00 bits per heavy atom. The summed E-state index contributed by atoms with van der Waals surface area (Å²) in [5.41, 5.74) is 2.65. The van der Waals surface area contributed by atoms with Gasteiger partial charge >= 0.3 is 0 Å². The number of nitrogens with one attached hydrogen (secondary N) is 1. The highest BCUT2D eigenvalue weighted by atomic mass is 35.5. The van der Waals surface area contributed by atoms with E-state index in [0.29, 0.717) is 0 Å².